The molecule has 1 atom stereocenters. The molecule has 4 heteroatoms. The summed E-state index contributed by atoms with van der Waals surface area (Å²) in [5.41, 5.74) is 1.38. The smallest absolute Gasteiger partial charge is 0.339 e. The molecule has 0 radical (unpaired) electrons. The molecule has 0 N–H and O–H groups in total. The van der Waals surface area contributed by atoms with Crippen molar-refractivity contribution >= 4 is 11.9 Å². The number of carbonyl (C=O) groups is 2. The second kappa shape index (κ2) is 11.2. The van der Waals surface area contributed by atoms with E-state index < -0.39 is 11.9 Å². The average Bonchev–Trinajstić information content (AvgIpc) is 2.72. The Morgan fingerprint density at radius 3 is 2.04 bits per heavy atom. The molecule has 0 spiro atoms. The van der Waals surface area contributed by atoms with Gasteiger partial charge in [-0.25, -0.2) is 9.59 Å². The second-order valence-electron chi connectivity index (χ2n) is 6.62. The molecule has 2 aromatic rings. The second-order valence-corrected chi connectivity index (χ2v) is 6.62. The van der Waals surface area contributed by atoms with Crippen LogP contribution in [-0.4, -0.2) is 18.5 Å². The number of carbonyl (C=O) groups excluding carboxylic acids is 2. The van der Waals surface area contributed by atoms with Gasteiger partial charge in [0.25, 0.3) is 0 Å². The van der Waals surface area contributed by atoms with Crippen molar-refractivity contribution in [1.29, 1.82) is 0 Å². The summed E-state index contributed by atoms with van der Waals surface area (Å²) in [5, 5.41) is 0. The minimum atomic E-state index is -0.524. The lowest BCUT2D eigenvalue weighted by atomic mass is 10.0. The summed E-state index contributed by atoms with van der Waals surface area (Å²) in [6.45, 7) is 4.79. The van der Waals surface area contributed by atoms with Gasteiger partial charge in [-0.2, -0.15) is 0 Å². The van der Waals surface area contributed by atoms with Crippen molar-refractivity contribution in [3.05, 3.63) is 71.3 Å². The lowest BCUT2D eigenvalue weighted by Crippen LogP contribution is -2.17. The Bertz CT molecular complexity index is 724. The molecular formula is C23H28O4. The SMILES string of the molecule is CCCCC(CC)COC(=O)c1ccccc1C(=O)OCc1ccccc1. The molecule has 0 fully saturated rings. The number of unbranched alkanes of at least 4 members (excludes halogenated alkanes) is 1. The highest BCUT2D eigenvalue weighted by Gasteiger charge is 2.20. The Hall–Kier alpha value is -2.62. The molecule has 0 heterocycles. The van der Waals surface area contributed by atoms with Crippen LogP contribution in [0.3, 0.4) is 0 Å². The van der Waals surface area contributed by atoms with Gasteiger partial charge in [0, 0.05) is 0 Å². The first kappa shape index (κ1) is 20.7. The van der Waals surface area contributed by atoms with Crippen molar-refractivity contribution in [3.63, 3.8) is 0 Å². The largest absolute Gasteiger partial charge is 0.462 e. The van der Waals surface area contributed by atoms with Gasteiger partial charge in [-0.3, -0.25) is 0 Å². The number of hydrogen-bond donors (Lipinski definition) is 0. The van der Waals surface area contributed by atoms with Crippen LogP contribution in [0.25, 0.3) is 0 Å². The summed E-state index contributed by atoms with van der Waals surface area (Å²) < 4.78 is 10.8. The van der Waals surface area contributed by atoms with E-state index in [1.807, 2.05) is 30.3 Å². The number of benzene rings is 2. The van der Waals surface area contributed by atoms with Gasteiger partial charge in [-0.15, -0.1) is 0 Å². The molecular weight excluding hydrogens is 340 g/mol. The topological polar surface area (TPSA) is 52.6 Å². The number of hydrogen-bond acceptors (Lipinski definition) is 4. The fourth-order valence-electron chi connectivity index (χ4n) is 2.81. The van der Waals surface area contributed by atoms with Crippen molar-refractivity contribution in [2.75, 3.05) is 6.61 Å². The van der Waals surface area contributed by atoms with Gasteiger partial charge in [0.1, 0.15) is 6.61 Å². The van der Waals surface area contributed by atoms with Gasteiger partial charge in [0.2, 0.25) is 0 Å². The van der Waals surface area contributed by atoms with Crippen LogP contribution in [0.15, 0.2) is 54.6 Å². The molecule has 0 aliphatic carbocycles. The minimum Gasteiger partial charge on any atom is -0.462 e. The predicted molar refractivity (Wildman–Crippen MR) is 106 cm³/mol. The molecule has 0 aliphatic heterocycles. The molecule has 2 rings (SSSR count). The zero-order valence-corrected chi connectivity index (χ0v) is 16.1. The van der Waals surface area contributed by atoms with Crippen LogP contribution >= 0.6 is 0 Å². The Morgan fingerprint density at radius 1 is 0.852 bits per heavy atom. The van der Waals surface area contributed by atoms with E-state index in [2.05, 4.69) is 13.8 Å². The fourth-order valence-corrected chi connectivity index (χ4v) is 2.81. The van der Waals surface area contributed by atoms with Gasteiger partial charge >= 0.3 is 11.9 Å². The third kappa shape index (κ3) is 6.55. The fraction of sp³-hybridized carbons (Fsp3) is 0.391. The van der Waals surface area contributed by atoms with Crippen LogP contribution in [0, 0.1) is 5.92 Å². The van der Waals surface area contributed by atoms with Crippen LogP contribution in [0.2, 0.25) is 0 Å². The lowest BCUT2D eigenvalue weighted by Gasteiger charge is -2.15. The summed E-state index contributed by atoms with van der Waals surface area (Å²) in [7, 11) is 0. The van der Waals surface area contributed by atoms with Crippen molar-refractivity contribution in [3.8, 4) is 0 Å². The first-order chi connectivity index (χ1) is 13.2. The summed E-state index contributed by atoms with van der Waals surface area (Å²) >= 11 is 0. The standard InChI is InChI=1S/C23H28O4/c1-3-5-11-18(4-2)16-26-22(24)20-14-9-10-15-21(20)23(25)27-17-19-12-7-6-8-13-19/h6-10,12-15,18H,3-5,11,16-17H2,1-2H3. The Labute approximate surface area is 161 Å². The quantitative estimate of drug-likeness (QED) is 0.526. The molecule has 0 aromatic heterocycles. The third-order valence-corrected chi connectivity index (χ3v) is 4.57. The van der Waals surface area contributed by atoms with Crippen LogP contribution < -0.4 is 0 Å². The zero-order chi connectivity index (χ0) is 19.5. The highest BCUT2D eigenvalue weighted by Crippen LogP contribution is 2.17. The average molecular weight is 368 g/mol. The van der Waals surface area contributed by atoms with E-state index in [0.29, 0.717) is 12.5 Å². The molecule has 0 saturated carbocycles. The summed E-state index contributed by atoms with van der Waals surface area (Å²) in [4.78, 5) is 25.0. The molecule has 0 bridgehead atoms. The molecule has 0 amide bonds. The van der Waals surface area contributed by atoms with Crippen molar-refractivity contribution in [2.45, 2.75) is 46.1 Å². The number of rotatable bonds is 10. The van der Waals surface area contributed by atoms with E-state index in [9.17, 15) is 9.59 Å². The lowest BCUT2D eigenvalue weighted by molar-refractivity contribution is 0.0398. The van der Waals surface area contributed by atoms with E-state index in [-0.39, 0.29) is 17.7 Å². The third-order valence-electron chi connectivity index (χ3n) is 4.57. The van der Waals surface area contributed by atoms with Gasteiger partial charge < -0.3 is 9.47 Å². The molecule has 4 nitrogen and oxygen atoms in total. The molecule has 27 heavy (non-hydrogen) atoms. The van der Waals surface area contributed by atoms with Crippen molar-refractivity contribution in [1.82, 2.24) is 0 Å². The van der Waals surface area contributed by atoms with Gasteiger partial charge in [0.15, 0.2) is 0 Å². The first-order valence-corrected chi connectivity index (χ1v) is 9.62. The van der Waals surface area contributed by atoms with E-state index in [1.54, 1.807) is 24.3 Å². The van der Waals surface area contributed by atoms with Crippen LogP contribution in [-0.2, 0) is 16.1 Å². The number of ether oxygens (including phenoxy) is 2. The molecule has 0 saturated heterocycles. The van der Waals surface area contributed by atoms with E-state index in [0.717, 1.165) is 31.2 Å². The Balaban J connectivity index is 1.99. The van der Waals surface area contributed by atoms with Crippen LogP contribution in [0.1, 0.15) is 65.8 Å². The maximum atomic E-state index is 12.5. The predicted octanol–water partition coefficient (Wildman–Crippen LogP) is 5.42. The van der Waals surface area contributed by atoms with Crippen LogP contribution in [0.4, 0.5) is 0 Å². The molecule has 1 unspecified atom stereocenters. The minimum absolute atomic E-state index is 0.165. The maximum Gasteiger partial charge on any atom is 0.339 e. The summed E-state index contributed by atoms with van der Waals surface area (Å²) in [6.07, 6.45) is 4.26. The normalized spacial score (nSPS) is 11.6. The van der Waals surface area contributed by atoms with Crippen LogP contribution in [0.5, 0.6) is 0 Å². The number of esters is 2. The van der Waals surface area contributed by atoms with Gasteiger partial charge in [-0.1, -0.05) is 75.6 Å². The van der Waals surface area contributed by atoms with Gasteiger partial charge in [0.05, 0.1) is 17.7 Å². The molecule has 2 aromatic carbocycles. The summed E-state index contributed by atoms with van der Waals surface area (Å²) in [6, 6.07) is 16.1. The van der Waals surface area contributed by atoms with Gasteiger partial charge in [-0.05, 0) is 30.0 Å². The highest BCUT2D eigenvalue weighted by atomic mass is 16.5. The maximum absolute atomic E-state index is 12.5. The van der Waals surface area contributed by atoms with E-state index in [1.165, 1.54) is 0 Å². The van der Waals surface area contributed by atoms with Crippen molar-refractivity contribution < 1.29 is 19.1 Å². The highest BCUT2D eigenvalue weighted by molar-refractivity contribution is 6.03. The molecule has 0 aliphatic rings. The first-order valence-electron chi connectivity index (χ1n) is 9.62. The zero-order valence-electron chi connectivity index (χ0n) is 16.1. The Morgan fingerprint density at radius 2 is 1.44 bits per heavy atom. The van der Waals surface area contributed by atoms with Crippen molar-refractivity contribution in [2.24, 2.45) is 5.92 Å². The van der Waals surface area contributed by atoms with E-state index >= 15 is 0 Å². The molecule has 144 valence electrons. The van der Waals surface area contributed by atoms with E-state index in [4.69, 9.17) is 9.47 Å². The monoisotopic (exact) mass is 368 g/mol. The summed E-state index contributed by atoms with van der Waals surface area (Å²) in [5.74, 6) is -0.646. The Kier molecular flexibility index (Phi) is 8.56.